The molecule has 3 rings (SSSR count). The molecule has 0 aliphatic carbocycles. The average Bonchev–Trinajstić information content (AvgIpc) is 3.02. The third-order valence-electron chi connectivity index (χ3n) is 4.62. The lowest BCUT2D eigenvalue weighted by Crippen LogP contribution is -2.34. The lowest BCUT2D eigenvalue weighted by atomic mass is 10.1. The van der Waals surface area contributed by atoms with Crippen LogP contribution in [0, 0.1) is 0 Å². The fraction of sp³-hybridized carbons (Fsp3) is 0.261. The van der Waals surface area contributed by atoms with Gasteiger partial charge in [0, 0.05) is 19.5 Å². The summed E-state index contributed by atoms with van der Waals surface area (Å²) in [5.41, 5.74) is 3.00. The van der Waals surface area contributed by atoms with Gasteiger partial charge in [0.2, 0.25) is 11.8 Å². The Bertz CT molecular complexity index is 911. The van der Waals surface area contributed by atoms with E-state index in [-0.39, 0.29) is 18.2 Å². The van der Waals surface area contributed by atoms with Gasteiger partial charge in [-0.15, -0.1) is 6.58 Å². The molecule has 1 fully saturated rings. The van der Waals surface area contributed by atoms with E-state index in [1.54, 1.807) is 11.0 Å². The van der Waals surface area contributed by atoms with Crippen molar-refractivity contribution in [3.05, 3.63) is 78.4 Å². The first-order valence-electron chi connectivity index (χ1n) is 9.68. The van der Waals surface area contributed by atoms with E-state index in [1.165, 1.54) is 11.8 Å². The van der Waals surface area contributed by atoms with E-state index in [4.69, 9.17) is 4.99 Å². The quantitative estimate of drug-likeness (QED) is 0.671. The lowest BCUT2D eigenvalue weighted by molar-refractivity contribution is -0.129. The lowest BCUT2D eigenvalue weighted by Gasteiger charge is -2.14. The summed E-state index contributed by atoms with van der Waals surface area (Å²) in [4.78, 5) is 31.6. The molecule has 150 valence electrons. The van der Waals surface area contributed by atoms with Crippen molar-refractivity contribution in [2.24, 2.45) is 4.99 Å². The van der Waals surface area contributed by atoms with Gasteiger partial charge in [0.15, 0.2) is 5.17 Å². The maximum atomic E-state index is 12.9. The predicted molar refractivity (Wildman–Crippen MR) is 119 cm³/mol. The first-order chi connectivity index (χ1) is 14.1. The van der Waals surface area contributed by atoms with Crippen LogP contribution in [0.2, 0.25) is 0 Å². The number of nitrogens with zero attached hydrogens (tertiary/aromatic N) is 2. The van der Waals surface area contributed by atoms with Gasteiger partial charge >= 0.3 is 0 Å². The molecule has 1 heterocycles. The first-order valence-corrected chi connectivity index (χ1v) is 10.6. The van der Waals surface area contributed by atoms with Crippen molar-refractivity contribution in [2.45, 2.75) is 31.6 Å². The average molecular weight is 408 g/mol. The number of nitrogens with one attached hydrogen (secondary N) is 1. The zero-order chi connectivity index (χ0) is 20.6. The number of carbonyl (C=O) groups excluding carboxylic acids is 2. The molecule has 6 heteroatoms. The molecule has 29 heavy (non-hydrogen) atoms. The van der Waals surface area contributed by atoms with Crippen LogP contribution in [0.5, 0.6) is 0 Å². The molecule has 1 aliphatic rings. The smallest absolute Gasteiger partial charge is 0.242 e. The summed E-state index contributed by atoms with van der Waals surface area (Å²) in [5.74, 6) is -0.244. The Balaban J connectivity index is 1.70. The highest BCUT2D eigenvalue weighted by Gasteiger charge is 2.38. The zero-order valence-corrected chi connectivity index (χ0v) is 17.3. The second kappa shape index (κ2) is 10.1. The number of rotatable bonds is 8. The molecule has 1 saturated heterocycles. The number of amidine groups is 1. The normalized spacial score (nSPS) is 17.6. The second-order valence-corrected chi connectivity index (χ2v) is 7.86. The molecule has 1 unspecified atom stereocenters. The maximum absolute atomic E-state index is 12.9. The van der Waals surface area contributed by atoms with Crippen molar-refractivity contribution in [1.82, 2.24) is 10.2 Å². The molecular formula is C23H25N3O2S. The number of hydrogen-bond donors (Lipinski definition) is 1. The van der Waals surface area contributed by atoms with E-state index in [9.17, 15) is 9.59 Å². The predicted octanol–water partition coefficient (Wildman–Crippen LogP) is 4.07. The van der Waals surface area contributed by atoms with Gasteiger partial charge in [0.25, 0.3) is 0 Å². The van der Waals surface area contributed by atoms with Crippen LogP contribution >= 0.6 is 11.8 Å². The Labute approximate surface area is 175 Å². The summed E-state index contributed by atoms with van der Waals surface area (Å²) in [6.07, 6.45) is 2.66. The third kappa shape index (κ3) is 5.35. The van der Waals surface area contributed by atoms with Crippen molar-refractivity contribution in [3.8, 4) is 0 Å². The minimum Gasteiger partial charge on any atom is -0.352 e. The number of aryl methyl sites for hydroxylation is 1. The molecule has 0 radical (unpaired) electrons. The highest BCUT2D eigenvalue weighted by Crippen LogP contribution is 2.32. The standard InChI is InChI=1S/C23H25N3O2S/c1-3-14-26-22(28)20(15-21(27)24-16-17-10-6-5-7-11-17)29-23(26)25-19-13-9-8-12-18(19)4-2/h3,5-13,20H,1,4,14-16H2,2H3,(H,24,27). The molecule has 1 aliphatic heterocycles. The van der Waals surface area contributed by atoms with Gasteiger partial charge in [-0.2, -0.15) is 0 Å². The molecule has 0 aromatic heterocycles. The number of aliphatic imine (C=N–C) groups is 1. The molecule has 2 amide bonds. The molecule has 2 aromatic rings. The molecule has 1 atom stereocenters. The number of benzene rings is 2. The molecular weight excluding hydrogens is 382 g/mol. The van der Waals surface area contributed by atoms with E-state index < -0.39 is 5.25 Å². The number of para-hydroxylation sites is 1. The van der Waals surface area contributed by atoms with Gasteiger partial charge in [0.05, 0.1) is 5.69 Å². The summed E-state index contributed by atoms with van der Waals surface area (Å²) in [7, 11) is 0. The molecule has 0 spiro atoms. The summed E-state index contributed by atoms with van der Waals surface area (Å²) in [6, 6.07) is 17.6. The minimum absolute atomic E-state index is 0.0995. The first kappa shape index (κ1) is 20.9. The van der Waals surface area contributed by atoms with E-state index in [2.05, 4.69) is 18.8 Å². The van der Waals surface area contributed by atoms with E-state index in [0.29, 0.717) is 18.3 Å². The van der Waals surface area contributed by atoms with Crippen LogP contribution in [0.1, 0.15) is 24.5 Å². The van der Waals surface area contributed by atoms with Crippen LogP contribution in [0.15, 0.2) is 72.2 Å². The number of carbonyl (C=O) groups is 2. The molecule has 1 N–H and O–H groups in total. The highest BCUT2D eigenvalue weighted by molar-refractivity contribution is 8.15. The van der Waals surface area contributed by atoms with Crippen LogP contribution in [0.25, 0.3) is 0 Å². The molecule has 0 saturated carbocycles. The van der Waals surface area contributed by atoms with Crippen molar-refractivity contribution in [3.63, 3.8) is 0 Å². The van der Waals surface area contributed by atoms with Crippen LogP contribution in [-0.4, -0.2) is 33.7 Å². The van der Waals surface area contributed by atoms with Gasteiger partial charge in [-0.3, -0.25) is 14.5 Å². The fourth-order valence-corrected chi connectivity index (χ4v) is 4.24. The van der Waals surface area contributed by atoms with Gasteiger partial charge < -0.3 is 5.32 Å². The van der Waals surface area contributed by atoms with E-state index in [0.717, 1.165) is 23.2 Å². The maximum Gasteiger partial charge on any atom is 0.242 e. The van der Waals surface area contributed by atoms with Gasteiger partial charge in [-0.1, -0.05) is 73.3 Å². The van der Waals surface area contributed by atoms with Crippen molar-refractivity contribution in [2.75, 3.05) is 6.54 Å². The summed E-state index contributed by atoms with van der Waals surface area (Å²) < 4.78 is 0. The Hall–Kier alpha value is -2.86. The molecule has 0 bridgehead atoms. The fourth-order valence-electron chi connectivity index (χ4n) is 3.08. The number of thioether (sulfide) groups is 1. The number of amides is 2. The zero-order valence-electron chi connectivity index (χ0n) is 16.5. The highest BCUT2D eigenvalue weighted by atomic mass is 32.2. The van der Waals surface area contributed by atoms with Gasteiger partial charge in [0.1, 0.15) is 5.25 Å². The Kier molecular flexibility index (Phi) is 7.25. The van der Waals surface area contributed by atoms with E-state index >= 15 is 0 Å². The summed E-state index contributed by atoms with van der Waals surface area (Å²) in [5, 5.41) is 3.04. The second-order valence-electron chi connectivity index (χ2n) is 6.69. The van der Waals surface area contributed by atoms with Crippen molar-refractivity contribution in [1.29, 1.82) is 0 Å². The van der Waals surface area contributed by atoms with Crippen LogP contribution in [0.4, 0.5) is 5.69 Å². The largest absolute Gasteiger partial charge is 0.352 e. The van der Waals surface area contributed by atoms with Crippen molar-refractivity contribution >= 4 is 34.4 Å². The Morgan fingerprint density at radius 3 is 2.66 bits per heavy atom. The molecule has 5 nitrogen and oxygen atoms in total. The number of hydrogen-bond acceptors (Lipinski definition) is 4. The Morgan fingerprint density at radius 1 is 1.21 bits per heavy atom. The van der Waals surface area contributed by atoms with E-state index in [1.807, 2.05) is 54.6 Å². The van der Waals surface area contributed by atoms with Crippen LogP contribution in [-0.2, 0) is 22.6 Å². The SMILES string of the molecule is C=CCN1C(=O)C(CC(=O)NCc2ccccc2)SC1=Nc1ccccc1CC. The third-order valence-corrected chi connectivity index (χ3v) is 5.80. The summed E-state index contributed by atoms with van der Waals surface area (Å²) in [6.45, 7) is 6.65. The monoisotopic (exact) mass is 407 g/mol. The van der Waals surface area contributed by atoms with Crippen molar-refractivity contribution < 1.29 is 9.59 Å². The topological polar surface area (TPSA) is 61.8 Å². The van der Waals surface area contributed by atoms with Crippen LogP contribution < -0.4 is 5.32 Å². The minimum atomic E-state index is -0.474. The van der Waals surface area contributed by atoms with Crippen LogP contribution in [0.3, 0.4) is 0 Å². The molecule has 2 aromatic carbocycles. The Morgan fingerprint density at radius 2 is 1.93 bits per heavy atom. The summed E-state index contributed by atoms with van der Waals surface area (Å²) >= 11 is 1.35. The van der Waals surface area contributed by atoms with Gasteiger partial charge in [-0.25, -0.2) is 4.99 Å². The van der Waals surface area contributed by atoms with Gasteiger partial charge in [-0.05, 0) is 23.6 Å².